The van der Waals surface area contributed by atoms with Crippen LogP contribution in [-0.2, 0) is 6.54 Å². The Morgan fingerprint density at radius 3 is 2.56 bits per heavy atom. The van der Waals surface area contributed by atoms with E-state index in [-0.39, 0.29) is 6.54 Å². The largest absolute Gasteiger partial charge is 0.490 e. The number of para-hydroxylation sites is 2. The van der Waals surface area contributed by atoms with E-state index in [1.807, 2.05) is 31.2 Å². The lowest BCUT2D eigenvalue weighted by Crippen LogP contribution is -2.04. The maximum atomic E-state index is 5.71. The van der Waals surface area contributed by atoms with E-state index in [4.69, 9.17) is 15.2 Å². The van der Waals surface area contributed by atoms with E-state index in [0.717, 1.165) is 0 Å². The fourth-order valence-electron chi connectivity index (χ4n) is 1.49. The van der Waals surface area contributed by atoms with Gasteiger partial charge < -0.3 is 15.2 Å². The van der Waals surface area contributed by atoms with Crippen LogP contribution in [0.2, 0.25) is 0 Å². The molecule has 94 valence electrons. The fraction of sp³-hybridized carbons (Fsp3) is 0.231. The highest BCUT2D eigenvalue weighted by atomic mass is 16.5. The molecule has 0 atom stereocenters. The molecule has 0 bridgehead atoms. The molecule has 1 aromatic heterocycles. The first-order chi connectivity index (χ1) is 8.85. The number of nitrogens with zero attached hydrogens (tertiary/aromatic N) is 2. The predicted molar refractivity (Wildman–Crippen MR) is 67.6 cm³/mol. The lowest BCUT2D eigenvalue weighted by atomic mass is 10.3. The monoisotopic (exact) mass is 245 g/mol. The van der Waals surface area contributed by atoms with Crippen LogP contribution in [0, 0.1) is 0 Å². The van der Waals surface area contributed by atoms with Crippen LogP contribution in [0.25, 0.3) is 0 Å². The van der Waals surface area contributed by atoms with E-state index in [0.29, 0.717) is 29.7 Å². The molecule has 0 aliphatic heterocycles. The van der Waals surface area contributed by atoms with Crippen LogP contribution in [0.1, 0.15) is 12.6 Å². The van der Waals surface area contributed by atoms with Crippen LogP contribution in [-0.4, -0.2) is 16.6 Å². The van der Waals surface area contributed by atoms with Crippen LogP contribution in [0.4, 0.5) is 0 Å². The Kier molecular flexibility index (Phi) is 4.09. The van der Waals surface area contributed by atoms with E-state index >= 15 is 0 Å². The second-order valence-corrected chi connectivity index (χ2v) is 3.49. The van der Waals surface area contributed by atoms with Crippen molar-refractivity contribution in [2.24, 2.45) is 5.73 Å². The summed E-state index contributed by atoms with van der Waals surface area (Å²) in [4.78, 5) is 8.24. The smallest absolute Gasteiger partial charge is 0.242 e. The van der Waals surface area contributed by atoms with Crippen LogP contribution in [0.5, 0.6) is 17.4 Å². The van der Waals surface area contributed by atoms with E-state index in [2.05, 4.69) is 9.97 Å². The molecular weight excluding hydrogens is 230 g/mol. The Hall–Kier alpha value is -2.14. The highest BCUT2D eigenvalue weighted by molar-refractivity contribution is 5.42. The van der Waals surface area contributed by atoms with Gasteiger partial charge in [0.1, 0.15) is 5.69 Å². The number of nitrogens with two attached hydrogens (primary N) is 1. The maximum Gasteiger partial charge on any atom is 0.242 e. The number of aromatic nitrogens is 2. The minimum absolute atomic E-state index is 0.278. The fourth-order valence-corrected chi connectivity index (χ4v) is 1.49. The zero-order chi connectivity index (χ0) is 12.8. The molecular formula is C13H15N3O2. The van der Waals surface area contributed by atoms with Crippen LogP contribution in [0.15, 0.2) is 36.7 Å². The molecule has 0 amide bonds. The average molecular weight is 245 g/mol. The highest BCUT2D eigenvalue weighted by Crippen LogP contribution is 2.31. The first-order valence-corrected chi connectivity index (χ1v) is 5.74. The standard InChI is InChI=1S/C13H15N3O2/c1-2-17-11-5-3-4-6-12(11)18-13-10(9-14)15-7-8-16-13/h3-8H,2,9,14H2,1H3. The molecule has 0 unspecified atom stereocenters. The molecule has 1 heterocycles. The van der Waals surface area contributed by atoms with Crippen molar-refractivity contribution in [2.45, 2.75) is 13.5 Å². The summed E-state index contributed by atoms with van der Waals surface area (Å²) < 4.78 is 11.2. The number of hydrogen-bond donors (Lipinski definition) is 1. The third-order valence-corrected chi connectivity index (χ3v) is 2.28. The molecule has 1 aromatic carbocycles. The predicted octanol–water partition coefficient (Wildman–Crippen LogP) is 2.13. The van der Waals surface area contributed by atoms with Crippen molar-refractivity contribution in [3.05, 3.63) is 42.4 Å². The molecule has 0 saturated heterocycles. The molecule has 2 N–H and O–H groups in total. The Bertz CT molecular complexity index is 517. The second kappa shape index (κ2) is 5.97. The summed E-state index contributed by atoms with van der Waals surface area (Å²) in [5, 5.41) is 0. The molecule has 5 heteroatoms. The third kappa shape index (κ3) is 2.75. The van der Waals surface area contributed by atoms with Crippen molar-refractivity contribution in [3.63, 3.8) is 0 Å². The van der Waals surface area contributed by atoms with E-state index in [1.54, 1.807) is 12.4 Å². The van der Waals surface area contributed by atoms with Gasteiger partial charge in [0.2, 0.25) is 5.88 Å². The van der Waals surface area contributed by atoms with Crippen LogP contribution >= 0.6 is 0 Å². The Balaban J connectivity index is 2.28. The van der Waals surface area contributed by atoms with Gasteiger partial charge in [0.25, 0.3) is 0 Å². The SMILES string of the molecule is CCOc1ccccc1Oc1nccnc1CN. The van der Waals surface area contributed by atoms with Gasteiger partial charge in [-0.1, -0.05) is 12.1 Å². The summed E-state index contributed by atoms with van der Waals surface area (Å²) in [6.07, 6.45) is 3.15. The Labute approximate surface area is 106 Å². The summed E-state index contributed by atoms with van der Waals surface area (Å²) in [7, 11) is 0. The molecule has 2 aromatic rings. The van der Waals surface area contributed by atoms with Crippen molar-refractivity contribution < 1.29 is 9.47 Å². The number of benzene rings is 1. The van der Waals surface area contributed by atoms with E-state index in [1.165, 1.54) is 0 Å². The molecule has 0 radical (unpaired) electrons. The lowest BCUT2D eigenvalue weighted by molar-refractivity contribution is 0.318. The molecule has 5 nitrogen and oxygen atoms in total. The first kappa shape index (κ1) is 12.3. The Morgan fingerprint density at radius 1 is 1.11 bits per heavy atom. The van der Waals surface area contributed by atoms with Gasteiger partial charge in [-0.3, -0.25) is 4.98 Å². The quantitative estimate of drug-likeness (QED) is 0.873. The van der Waals surface area contributed by atoms with Crippen molar-refractivity contribution in [1.29, 1.82) is 0 Å². The van der Waals surface area contributed by atoms with Gasteiger partial charge >= 0.3 is 0 Å². The van der Waals surface area contributed by atoms with Gasteiger partial charge in [0.15, 0.2) is 11.5 Å². The summed E-state index contributed by atoms with van der Waals surface area (Å²) in [5.74, 6) is 1.69. The van der Waals surface area contributed by atoms with Crippen molar-refractivity contribution in [2.75, 3.05) is 6.61 Å². The normalized spacial score (nSPS) is 10.1. The molecule has 0 spiro atoms. The minimum atomic E-state index is 0.278. The number of ether oxygens (including phenoxy) is 2. The highest BCUT2D eigenvalue weighted by Gasteiger charge is 2.09. The zero-order valence-corrected chi connectivity index (χ0v) is 10.2. The van der Waals surface area contributed by atoms with Crippen LogP contribution in [0.3, 0.4) is 0 Å². The topological polar surface area (TPSA) is 70.3 Å². The van der Waals surface area contributed by atoms with Gasteiger partial charge in [-0.2, -0.15) is 0 Å². The number of hydrogen-bond acceptors (Lipinski definition) is 5. The maximum absolute atomic E-state index is 5.71. The van der Waals surface area contributed by atoms with Crippen molar-refractivity contribution >= 4 is 0 Å². The van der Waals surface area contributed by atoms with Gasteiger partial charge in [-0.25, -0.2) is 4.98 Å². The summed E-state index contributed by atoms with van der Waals surface area (Å²) >= 11 is 0. The minimum Gasteiger partial charge on any atom is -0.490 e. The van der Waals surface area contributed by atoms with E-state index in [9.17, 15) is 0 Å². The second-order valence-electron chi connectivity index (χ2n) is 3.49. The molecule has 0 saturated carbocycles. The summed E-state index contributed by atoms with van der Waals surface area (Å²) in [6, 6.07) is 7.42. The van der Waals surface area contributed by atoms with Crippen LogP contribution < -0.4 is 15.2 Å². The molecule has 0 fully saturated rings. The molecule has 0 aliphatic rings. The summed E-state index contributed by atoms with van der Waals surface area (Å²) in [5.41, 5.74) is 6.20. The van der Waals surface area contributed by atoms with Gasteiger partial charge in [-0.05, 0) is 19.1 Å². The van der Waals surface area contributed by atoms with Gasteiger partial charge in [0.05, 0.1) is 6.61 Å². The van der Waals surface area contributed by atoms with Gasteiger partial charge in [-0.15, -0.1) is 0 Å². The number of rotatable bonds is 5. The zero-order valence-electron chi connectivity index (χ0n) is 10.2. The third-order valence-electron chi connectivity index (χ3n) is 2.28. The molecule has 18 heavy (non-hydrogen) atoms. The Morgan fingerprint density at radius 2 is 1.83 bits per heavy atom. The van der Waals surface area contributed by atoms with Crippen molar-refractivity contribution in [3.8, 4) is 17.4 Å². The molecule has 2 rings (SSSR count). The van der Waals surface area contributed by atoms with Gasteiger partial charge in [0, 0.05) is 18.9 Å². The molecule has 0 aliphatic carbocycles. The average Bonchev–Trinajstić information content (AvgIpc) is 2.42. The van der Waals surface area contributed by atoms with E-state index < -0.39 is 0 Å². The van der Waals surface area contributed by atoms with Crippen molar-refractivity contribution in [1.82, 2.24) is 9.97 Å². The first-order valence-electron chi connectivity index (χ1n) is 5.74. The summed E-state index contributed by atoms with van der Waals surface area (Å²) in [6.45, 7) is 2.77. The lowest BCUT2D eigenvalue weighted by Gasteiger charge is -2.11.